The predicted molar refractivity (Wildman–Crippen MR) is 83.0 cm³/mol. The topological polar surface area (TPSA) is 74.8 Å². The lowest BCUT2D eigenvalue weighted by Gasteiger charge is -2.12. The first-order chi connectivity index (χ1) is 9.60. The van der Waals surface area contributed by atoms with Crippen LogP contribution in [0.2, 0.25) is 0 Å². The lowest BCUT2D eigenvalue weighted by atomic mass is 10.3. The molecule has 0 atom stereocenters. The third-order valence-electron chi connectivity index (χ3n) is 2.53. The van der Waals surface area contributed by atoms with Gasteiger partial charge in [-0.15, -0.1) is 0 Å². The molecule has 0 saturated heterocycles. The molecule has 0 heterocycles. The van der Waals surface area contributed by atoms with E-state index >= 15 is 0 Å². The summed E-state index contributed by atoms with van der Waals surface area (Å²) in [6, 6.07) is 0.185. The number of carbonyl (C=O) groups is 1. The number of hydrogen-bond donors (Lipinski definition) is 3. The molecule has 0 unspecified atom stereocenters. The summed E-state index contributed by atoms with van der Waals surface area (Å²) in [5.41, 5.74) is 0. The zero-order chi connectivity index (χ0) is 15.2. The fraction of sp³-hybridized carbons (Fsp3) is 0.857. The minimum atomic E-state index is 0.0552. The fourth-order valence-electron chi connectivity index (χ4n) is 1.59. The Hall–Kier alpha value is -1.30. The summed E-state index contributed by atoms with van der Waals surface area (Å²) < 4.78 is 5.27. The molecule has 0 bridgehead atoms. The van der Waals surface area contributed by atoms with E-state index in [1.165, 1.54) is 0 Å². The highest BCUT2D eigenvalue weighted by Crippen LogP contribution is 1.88. The van der Waals surface area contributed by atoms with Crippen LogP contribution in [0, 0.1) is 0 Å². The van der Waals surface area contributed by atoms with Gasteiger partial charge in [-0.25, -0.2) is 0 Å². The molecule has 0 aliphatic rings. The predicted octanol–water partition coefficient (Wildman–Crippen LogP) is 0.883. The van der Waals surface area contributed by atoms with Crippen molar-refractivity contribution in [2.45, 2.75) is 46.1 Å². The fourth-order valence-corrected chi connectivity index (χ4v) is 1.59. The van der Waals surface area contributed by atoms with Gasteiger partial charge in [-0.3, -0.25) is 9.79 Å². The van der Waals surface area contributed by atoms with Gasteiger partial charge >= 0.3 is 0 Å². The van der Waals surface area contributed by atoms with Gasteiger partial charge in [0.1, 0.15) is 0 Å². The van der Waals surface area contributed by atoms with Gasteiger partial charge in [0.15, 0.2) is 5.96 Å². The SMILES string of the molecule is CCOCCCCNC(=NC)NCCC(=O)NC(C)C. The van der Waals surface area contributed by atoms with Gasteiger partial charge in [0.2, 0.25) is 5.91 Å². The third-order valence-corrected chi connectivity index (χ3v) is 2.53. The van der Waals surface area contributed by atoms with Crippen LogP contribution in [0.15, 0.2) is 4.99 Å². The summed E-state index contributed by atoms with van der Waals surface area (Å²) in [5.74, 6) is 0.790. The van der Waals surface area contributed by atoms with Crippen molar-refractivity contribution in [1.82, 2.24) is 16.0 Å². The van der Waals surface area contributed by atoms with E-state index < -0.39 is 0 Å². The van der Waals surface area contributed by atoms with E-state index in [-0.39, 0.29) is 11.9 Å². The Kier molecular flexibility index (Phi) is 11.9. The number of nitrogens with one attached hydrogen (secondary N) is 3. The Morgan fingerprint density at radius 3 is 2.50 bits per heavy atom. The highest BCUT2D eigenvalue weighted by molar-refractivity contribution is 5.81. The first-order valence-corrected chi connectivity index (χ1v) is 7.41. The molecule has 1 amide bonds. The first kappa shape index (κ1) is 18.7. The maximum absolute atomic E-state index is 11.5. The van der Waals surface area contributed by atoms with Crippen LogP contribution in [-0.4, -0.2) is 51.3 Å². The molecular formula is C14H30N4O2. The molecule has 0 aromatic heterocycles. The minimum absolute atomic E-state index is 0.0552. The van der Waals surface area contributed by atoms with E-state index in [0.29, 0.717) is 13.0 Å². The summed E-state index contributed by atoms with van der Waals surface area (Å²) >= 11 is 0. The first-order valence-electron chi connectivity index (χ1n) is 7.41. The highest BCUT2D eigenvalue weighted by Gasteiger charge is 2.03. The van der Waals surface area contributed by atoms with Gasteiger partial charge in [-0.2, -0.15) is 0 Å². The summed E-state index contributed by atoms with van der Waals surface area (Å²) in [7, 11) is 1.73. The maximum atomic E-state index is 11.5. The average molecular weight is 286 g/mol. The van der Waals surface area contributed by atoms with Gasteiger partial charge in [-0.05, 0) is 33.6 Å². The number of amides is 1. The number of guanidine groups is 1. The Balaban J connectivity index is 3.60. The van der Waals surface area contributed by atoms with Crippen molar-refractivity contribution >= 4 is 11.9 Å². The van der Waals surface area contributed by atoms with Crippen LogP contribution in [0.5, 0.6) is 0 Å². The van der Waals surface area contributed by atoms with Gasteiger partial charge in [0, 0.05) is 45.8 Å². The molecule has 118 valence electrons. The molecule has 6 nitrogen and oxygen atoms in total. The number of nitrogens with zero attached hydrogens (tertiary/aromatic N) is 1. The van der Waals surface area contributed by atoms with E-state index in [1.807, 2.05) is 20.8 Å². The Morgan fingerprint density at radius 2 is 1.90 bits per heavy atom. The van der Waals surface area contributed by atoms with Gasteiger partial charge in [0.25, 0.3) is 0 Å². The third kappa shape index (κ3) is 11.8. The number of ether oxygens (including phenoxy) is 1. The number of aliphatic imine (C=N–C) groups is 1. The van der Waals surface area contributed by atoms with Crippen molar-refractivity contribution in [1.29, 1.82) is 0 Å². The number of unbranched alkanes of at least 4 members (excludes halogenated alkanes) is 1. The van der Waals surface area contributed by atoms with Crippen LogP contribution in [0.4, 0.5) is 0 Å². The van der Waals surface area contributed by atoms with E-state index in [9.17, 15) is 4.79 Å². The van der Waals surface area contributed by atoms with Crippen molar-refractivity contribution in [3.8, 4) is 0 Å². The van der Waals surface area contributed by atoms with Crippen molar-refractivity contribution in [3.63, 3.8) is 0 Å². The summed E-state index contributed by atoms with van der Waals surface area (Å²) in [4.78, 5) is 15.6. The van der Waals surface area contributed by atoms with Crippen LogP contribution in [0.25, 0.3) is 0 Å². The lowest BCUT2D eigenvalue weighted by Crippen LogP contribution is -2.40. The van der Waals surface area contributed by atoms with E-state index in [2.05, 4.69) is 20.9 Å². The molecule has 0 aliphatic heterocycles. The molecule has 0 aliphatic carbocycles. The van der Waals surface area contributed by atoms with Crippen molar-refractivity contribution in [2.24, 2.45) is 4.99 Å². The molecule has 0 spiro atoms. The molecule has 0 aromatic carbocycles. The van der Waals surface area contributed by atoms with Crippen molar-refractivity contribution < 1.29 is 9.53 Å². The van der Waals surface area contributed by atoms with Crippen LogP contribution >= 0.6 is 0 Å². The molecule has 0 rings (SSSR count). The van der Waals surface area contributed by atoms with E-state index in [0.717, 1.165) is 38.6 Å². The second-order valence-corrected chi connectivity index (χ2v) is 4.80. The number of rotatable bonds is 10. The zero-order valence-electron chi connectivity index (χ0n) is 13.3. The van der Waals surface area contributed by atoms with Crippen LogP contribution in [-0.2, 0) is 9.53 Å². The van der Waals surface area contributed by atoms with Crippen LogP contribution in [0.3, 0.4) is 0 Å². The Morgan fingerprint density at radius 1 is 1.20 bits per heavy atom. The van der Waals surface area contributed by atoms with Crippen molar-refractivity contribution in [2.75, 3.05) is 33.4 Å². The molecule has 3 N–H and O–H groups in total. The monoisotopic (exact) mass is 286 g/mol. The standard InChI is InChI=1S/C14H30N4O2/c1-5-20-11-7-6-9-16-14(15-4)17-10-8-13(19)18-12(2)3/h12H,5-11H2,1-4H3,(H,18,19)(H2,15,16,17). The van der Waals surface area contributed by atoms with E-state index in [1.54, 1.807) is 7.05 Å². The van der Waals surface area contributed by atoms with Gasteiger partial charge < -0.3 is 20.7 Å². The summed E-state index contributed by atoms with van der Waals surface area (Å²) in [6.07, 6.45) is 2.52. The normalized spacial score (nSPS) is 11.6. The second kappa shape index (κ2) is 12.7. The molecule has 6 heteroatoms. The Bertz CT molecular complexity index is 280. The molecular weight excluding hydrogens is 256 g/mol. The highest BCUT2D eigenvalue weighted by atomic mass is 16.5. The van der Waals surface area contributed by atoms with Gasteiger partial charge in [0.05, 0.1) is 0 Å². The lowest BCUT2D eigenvalue weighted by molar-refractivity contribution is -0.121. The summed E-state index contributed by atoms with van der Waals surface area (Å²) in [5, 5.41) is 9.19. The van der Waals surface area contributed by atoms with Crippen molar-refractivity contribution in [3.05, 3.63) is 0 Å². The number of hydrogen-bond acceptors (Lipinski definition) is 3. The Labute approximate surface area is 122 Å². The maximum Gasteiger partial charge on any atom is 0.221 e. The van der Waals surface area contributed by atoms with Gasteiger partial charge in [-0.1, -0.05) is 0 Å². The largest absolute Gasteiger partial charge is 0.382 e. The molecule has 0 radical (unpaired) electrons. The molecule has 0 fully saturated rings. The van der Waals surface area contributed by atoms with Crippen LogP contribution < -0.4 is 16.0 Å². The average Bonchev–Trinajstić information content (AvgIpc) is 2.39. The second-order valence-electron chi connectivity index (χ2n) is 4.80. The minimum Gasteiger partial charge on any atom is -0.382 e. The molecule has 0 aromatic rings. The molecule has 0 saturated carbocycles. The quantitative estimate of drug-likeness (QED) is 0.317. The van der Waals surface area contributed by atoms with E-state index in [4.69, 9.17) is 4.74 Å². The smallest absolute Gasteiger partial charge is 0.221 e. The summed E-state index contributed by atoms with van der Waals surface area (Å²) in [6.45, 7) is 8.92. The zero-order valence-corrected chi connectivity index (χ0v) is 13.3. The number of carbonyl (C=O) groups excluding carboxylic acids is 1. The molecule has 20 heavy (non-hydrogen) atoms. The van der Waals surface area contributed by atoms with Crippen LogP contribution in [0.1, 0.15) is 40.0 Å².